The quantitative estimate of drug-likeness (QED) is 0.798. The first-order valence-corrected chi connectivity index (χ1v) is 5.90. The maximum absolute atomic E-state index is 11.2. The van der Waals surface area contributed by atoms with Gasteiger partial charge in [-0.05, 0) is 12.1 Å². The molecule has 0 aliphatic carbocycles. The van der Waals surface area contributed by atoms with E-state index < -0.39 is 11.9 Å². The third kappa shape index (κ3) is 3.00. The summed E-state index contributed by atoms with van der Waals surface area (Å²) < 4.78 is 5.76. The van der Waals surface area contributed by atoms with Crippen LogP contribution in [-0.2, 0) is 9.59 Å². The van der Waals surface area contributed by atoms with Crippen molar-refractivity contribution in [3.63, 3.8) is 0 Å². The Morgan fingerprint density at radius 3 is 2.33 bits per heavy atom. The molecule has 1 N–H and O–H groups in total. The Morgan fingerprint density at radius 1 is 1.17 bits per heavy atom. The second kappa shape index (κ2) is 5.53. The van der Waals surface area contributed by atoms with Crippen molar-refractivity contribution in [1.82, 2.24) is 4.90 Å². The van der Waals surface area contributed by atoms with Gasteiger partial charge in [-0.25, -0.2) is 4.79 Å². The van der Waals surface area contributed by atoms with E-state index in [9.17, 15) is 9.59 Å². The topological polar surface area (TPSA) is 66.8 Å². The van der Waals surface area contributed by atoms with Crippen LogP contribution in [0.1, 0.15) is 12.8 Å². The van der Waals surface area contributed by atoms with Crippen LogP contribution in [0, 0.1) is 0 Å². The third-order valence-corrected chi connectivity index (χ3v) is 2.96. The number of hydrogen-bond acceptors (Lipinski definition) is 3. The maximum atomic E-state index is 11.2. The number of carbonyl (C=O) groups excluding carboxylic acids is 1. The predicted molar refractivity (Wildman–Crippen MR) is 64.3 cm³/mol. The number of carbonyl (C=O) groups is 2. The molecule has 1 aliphatic heterocycles. The maximum Gasteiger partial charge on any atom is 0.394 e. The van der Waals surface area contributed by atoms with E-state index in [-0.39, 0.29) is 6.10 Å². The summed E-state index contributed by atoms with van der Waals surface area (Å²) in [5.41, 5.74) is 0. The Bertz CT molecular complexity index is 424. The average molecular weight is 249 g/mol. The van der Waals surface area contributed by atoms with Crippen LogP contribution in [0.2, 0.25) is 0 Å². The summed E-state index contributed by atoms with van der Waals surface area (Å²) in [7, 11) is 0. The summed E-state index contributed by atoms with van der Waals surface area (Å²) in [4.78, 5) is 23.2. The highest BCUT2D eigenvalue weighted by Crippen LogP contribution is 2.18. The zero-order valence-electron chi connectivity index (χ0n) is 9.91. The first-order chi connectivity index (χ1) is 8.66. The zero-order valence-corrected chi connectivity index (χ0v) is 9.91. The van der Waals surface area contributed by atoms with Gasteiger partial charge >= 0.3 is 11.9 Å². The molecule has 18 heavy (non-hydrogen) atoms. The fourth-order valence-electron chi connectivity index (χ4n) is 2.00. The van der Waals surface area contributed by atoms with Crippen LogP contribution in [0.3, 0.4) is 0 Å². The van der Waals surface area contributed by atoms with Crippen LogP contribution >= 0.6 is 0 Å². The van der Waals surface area contributed by atoms with Gasteiger partial charge < -0.3 is 14.7 Å². The summed E-state index contributed by atoms with van der Waals surface area (Å²) in [5, 5.41) is 8.61. The molecule has 1 amide bonds. The van der Waals surface area contributed by atoms with Gasteiger partial charge in [-0.3, -0.25) is 4.79 Å². The van der Waals surface area contributed by atoms with Gasteiger partial charge in [-0.1, -0.05) is 18.2 Å². The Balaban J connectivity index is 1.84. The number of para-hydroxylation sites is 1. The normalized spacial score (nSPS) is 16.3. The Hall–Kier alpha value is -2.04. The molecule has 0 bridgehead atoms. The number of amides is 1. The molecule has 0 radical (unpaired) electrons. The molecule has 5 heteroatoms. The predicted octanol–water partition coefficient (Wildman–Crippen LogP) is 1.14. The lowest BCUT2D eigenvalue weighted by Gasteiger charge is -2.31. The summed E-state index contributed by atoms with van der Waals surface area (Å²) in [5.74, 6) is -1.41. The van der Waals surface area contributed by atoms with Gasteiger partial charge in [0.05, 0.1) is 0 Å². The lowest BCUT2D eigenvalue weighted by atomic mass is 10.1. The van der Waals surface area contributed by atoms with Crippen molar-refractivity contribution >= 4 is 11.9 Å². The van der Waals surface area contributed by atoms with Crippen LogP contribution in [0.4, 0.5) is 0 Å². The number of aliphatic carboxylic acids is 1. The van der Waals surface area contributed by atoms with Gasteiger partial charge in [0.15, 0.2) is 0 Å². The van der Waals surface area contributed by atoms with Crippen LogP contribution in [0.5, 0.6) is 5.75 Å². The van der Waals surface area contributed by atoms with Crippen molar-refractivity contribution in [1.29, 1.82) is 0 Å². The van der Waals surface area contributed by atoms with Crippen molar-refractivity contribution in [2.24, 2.45) is 0 Å². The van der Waals surface area contributed by atoms with Gasteiger partial charge in [0.25, 0.3) is 0 Å². The minimum atomic E-state index is -1.39. The largest absolute Gasteiger partial charge is 0.490 e. The molecule has 0 aromatic heterocycles. The van der Waals surface area contributed by atoms with Crippen LogP contribution in [0.25, 0.3) is 0 Å². The fourth-order valence-corrected chi connectivity index (χ4v) is 2.00. The number of rotatable bonds is 2. The van der Waals surface area contributed by atoms with Crippen LogP contribution in [0.15, 0.2) is 30.3 Å². The number of likely N-dealkylation sites (tertiary alicyclic amines) is 1. The average Bonchev–Trinajstić information content (AvgIpc) is 2.40. The standard InChI is InChI=1S/C13H15NO4/c15-12(13(16)17)14-8-6-11(7-9-14)18-10-4-2-1-3-5-10/h1-5,11H,6-9H2,(H,16,17). The van der Waals surface area contributed by atoms with E-state index in [1.165, 1.54) is 4.90 Å². The molecule has 1 aliphatic rings. The highest BCUT2D eigenvalue weighted by molar-refractivity contribution is 6.31. The SMILES string of the molecule is O=C(O)C(=O)N1CCC(Oc2ccccc2)CC1. The number of piperidine rings is 1. The van der Waals surface area contributed by atoms with E-state index in [0.717, 1.165) is 5.75 Å². The minimum Gasteiger partial charge on any atom is -0.490 e. The second-order valence-corrected chi connectivity index (χ2v) is 4.23. The van der Waals surface area contributed by atoms with Crippen molar-refractivity contribution in [2.45, 2.75) is 18.9 Å². The Kier molecular flexibility index (Phi) is 3.82. The van der Waals surface area contributed by atoms with Crippen molar-refractivity contribution < 1.29 is 19.4 Å². The molecule has 96 valence electrons. The highest BCUT2D eigenvalue weighted by atomic mass is 16.5. The number of ether oxygens (including phenoxy) is 1. The van der Waals surface area contributed by atoms with Crippen LogP contribution < -0.4 is 4.74 Å². The Labute approximate surface area is 105 Å². The van der Waals surface area contributed by atoms with Gasteiger partial charge in [0.1, 0.15) is 11.9 Å². The fraction of sp³-hybridized carbons (Fsp3) is 0.385. The van der Waals surface area contributed by atoms with E-state index in [0.29, 0.717) is 25.9 Å². The summed E-state index contributed by atoms with van der Waals surface area (Å²) in [6.45, 7) is 0.866. The van der Waals surface area contributed by atoms with Gasteiger partial charge in [-0.2, -0.15) is 0 Å². The Morgan fingerprint density at radius 2 is 1.78 bits per heavy atom. The monoisotopic (exact) mass is 249 g/mol. The molecule has 0 atom stereocenters. The van der Waals surface area contributed by atoms with E-state index >= 15 is 0 Å². The molecule has 1 fully saturated rings. The lowest BCUT2D eigenvalue weighted by Crippen LogP contribution is -2.44. The van der Waals surface area contributed by atoms with Crippen molar-refractivity contribution in [2.75, 3.05) is 13.1 Å². The molecular formula is C13H15NO4. The highest BCUT2D eigenvalue weighted by Gasteiger charge is 2.27. The van der Waals surface area contributed by atoms with Gasteiger partial charge in [0, 0.05) is 25.9 Å². The molecule has 1 heterocycles. The minimum absolute atomic E-state index is 0.0465. The van der Waals surface area contributed by atoms with Gasteiger partial charge in [0.2, 0.25) is 0 Å². The molecule has 0 saturated carbocycles. The number of benzene rings is 1. The summed E-state index contributed by atoms with van der Waals surface area (Å²) in [6.07, 6.45) is 1.37. The van der Waals surface area contributed by atoms with Crippen LogP contribution in [-0.4, -0.2) is 41.1 Å². The molecular weight excluding hydrogens is 234 g/mol. The second-order valence-electron chi connectivity index (χ2n) is 4.23. The van der Waals surface area contributed by atoms with E-state index in [2.05, 4.69) is 0 Å². The van der Waals surface area contributed by atoms with E-state index in [4.69, 9.17) is 9.84 Å². The van der Waals surface area contributed by atoms with Crippen molar-refractivity contribution in [3.8, 4) is 5.75 Å². The van der Waals surface area contributed by atoms with E-state index in [1.54, 1.807) is 0 Å². The number of hydrogen-bond donors (Lipinski definition) is 1. The first-order valence-electron chi connectivity index (χ1n) is 5.90. The van der Waals surface area contributed by atoms with Crippen molar-refractivity contribution in [3.05, 3.63) is 30.3 Å². The molecule has 1 aromatic carbocycles. The number of nitrogens with zero attached hydrogens (tertiary/aromatic N) is 1. The molecule has 0 spiro atoms. The smallest absolute Gasteiger partial charge is 0.394 e. The molecule has 1 aromatic rings. The lowest BCUT2D eigenvalue weighted by molar-refractivity contribution is -0.156. The summed E-state index contributed by atoms with van der Waals surface area (Å²) >= 11 is 0. The molecule has 5 nitrogen and oxygen atoms in total. The number of carboxylic acid groups (broad SMARTS) is 1. The summed E-state index contributed by atoms with van der Waals surface area (Å²) in [6, 6.07) is 9.49. The molecule has 2 rings (SSSR count). The first kappa shape index (κ1) is 12.4. The molecule has 1 saturated heterocycles. The number of carboxylic acids is 1. The van der Waals surface area contributed by atoms with E-state index in [1.807, 2.05) is 30.3 Å². The third-order valence-electron chi connectivity index (χ3n) is 2.96. The van der Waals surface area contributed by atoms with Gasteiger partial charge in [-0.15, -0.1) is 0 Å². The molecule has 0 unspecified atom stereocenters. The zero-order chi connectivity index (χ0) is 13.0.